The predicted molar refractivity (Wildman–Crippen MR) is 130 cm³/mol. The second kappa shape index (κ2) is 9.58. The van der Waals surface area contributed by atoms with Gasteiger partial charge in [-0.15, -0.1) is 0 Å². The Hall–Kier alpha value is -3.82. The van der Waals surface area contributed by atoms with Gasteiger partial charge in [0.1, 0.15) is 17.9 Å². The summed E-state index contributed by atoms with van der Waals surface area (Å²) < 4.78 is 22.4. The molecule has 0 saturated carbocycles. The molecule has 3 aromatic rings. The highest BCUT2D eigenvalue weighted by Crippen LogP contribution is 2.39. The molecule has 2 aromatic carbocycles. The minimum atomic E-state index is 0.0869. The van der Waals surface area contributed by atoms with Gasteiger partial charge in [-0.1, -0.05) is 12.1 Å². The fraction of sp³-hybridized carbons (Fsp3) is 0.286. The van der Waals surface area contributed by atoms with Gasteiger partial charge in [0.05, 0.1) is 38.7 Å². The summed E-state index contributed by atoms with van der Waals surface area (Å²) >= 11 is 0. The first-order chi connectivity index (χ1) is 16.7. The Balaban J connectivity index is 1.47. The fourth-order valence-electron chi connectivity index (χ4n) is 4.56. The highest BCUT2D eigenvalue weighted by molar-refractivity contribution is 5.93. The maximum Gasteiger partial charge on any atom is 0.161 e. The average Bonchev–Trinajstić information content (AvgIpc) is 3.34. The first-order valence-corrected chi connectivity index (χ1v) is 11.4. The van der Waals surface area contributed by atoms with E-state index in [0.717, 1.165) is 52.8 Å². The SMILES string of the molecule is COc1ccc(C2=Cc3c(-c4ccc(OC5CCOCC5)c(C#N)c4)ccnc3C2)cc1OC. The van der Waals surface area contributed by atoms with Crippen molar-refractivity contribution in [2.24, 2.45) is 0 Å². The van der Waals surface area contributed by atoms with E-state index in [1.165, 1.54) is 0 Å². The zero-order valence-electron chi connectivity index (χ0n) is 19.3. The van der Waals surface area contributed by atoms with Gasteiger partial charge in [0, 0.05) is 31.0 Å². The van der Waals surface area contributed by atoms with E-state index in [2.05, 4.69) is 17.1 Å². The third-order valence-electron chi connectivity index (χ3n) is 6.38. The molecule has 1 fully saturated rings. The van der Waals surface area contributed by atoms with Crippen molar-refractivity contribution in [3.8, 4) is 34.4 Å². The molecular formula is C28H26N2O4. The van der Waals surface area contributed by atoms with Crippen molar-refractivity contribution >= 4 is 11.6 Å². The number of nitrogens with zero attached hydrogens (tertiary/aromatic N) is 2. The van der Waals surface area contributed by atoms with Crippen LogP contribution in [0.4, 0.5) is 0 Å². The van der Waals surface area contributed by atoms with Crippen LogP contribution in [0.2, 0.25) is 0 Å². The Bertz CT molecular complexity index is 1290. The minimum absolute atomic E-state index is 0.0869. The van der Waals surface area contributed by atoms with E-state index in [1.807, 2.05) is 48.7 Å². The number of rotatable bonds is 6. The number of hydrogen-bond acceptors (Lipinski definition) is 6. The largest absolute Gasteiger partial charge is 0.493 e. The average molecular weight is 455 g/mol. The van der Waals surface area contributed by atoms with Crippen LogP contribution in [0.15, 0.2) is 48.7 Å². The van der Waals surface area contributed by atoms with Gasteiger partial charge in [-0.25, -0.2) is 0 Å². The number of fused-ring (bicyclic) bond motifs is 1. The zero-order valence-corrected chi connectivity index (χ0v) is 19.3. The van der Waals surface area contributed by atoms with Crippen LogP contribution in [-0.4, -0.2) is 38.5 Å². The molecule has 0 amide bonds. The van der Waals surface area contributed by atoms with E-state index < -0.39 is 0 Å². The van der Waals surface area contributed by atoms with Crippen LogP contribution in [0.3, 0.4) is 0 Å². The Labute approximate surface area is 199 Å². The van der Waals surface area contributed by atoms with Crippen LogP contribution in [0.25, 0.3) is 22.8 Å². The van der Waals surface area contributed by atoms with E-state index in [-0.39, 0.29) is 6.10 Å². The van der Waals surface area contributed by atoms with Crippen LogP contribution >= 0.6 is 0 Å². The number of ether oxygens (including phenoxy) is 4. The van der Waals surface area contributed by atoms with Gasteiger partial charge >= 0.3 is 0 Å². The Morgan fingerprint density at radius 2 is 1.71 bits per heavy atom. The Morgan fingerprint density at radius 1 is 0.941 bits per heavy atom. The van der Waals surface area contributed by atoms with Gasteiger partial charge < -0.3 is 18.9 Å². The third kappa shape index (κ3) is 4.23. The molecule has 0 bridgehead atoms. The Kier molecular flexibility index (Phi) is 6.20. The summed E-state index contributed by atoms with van der Waals surface area (Å²) in [7, 11) is 3.27. The predicted octanol–water partition coefficient (Wildman–Crippen LogP) is 5.29. The van der Waals surface area contributed by atoms with E-state index in [4.69, 9.17) is 18.9 Å². The lowest BCUT2D eigenvalue weighted by atomic mass is 9.98. The van der Waals surface area contributed by atoms with Gasteiger partial charge in [0.2, 0.25) is 0 Å². The molecule has 34 heavy (non-hydrogen) atoms. The standard InChI is InChI=1S/C28H26N2O4/c1-31-27-6-3-18(16-28(27)32-2)20-14-24-23(7-10-30-25(24)15-20)19-4-5-26(21(13-19)17-29)34-22-8-11-33-12-9-22/h3-7,10,13-14,16,22H,8-9,11-12,15H2,1-2H3. The summed E-state index contributed by atoms with van der Waals surface area (Å²) in [5.74, 6) is 2.03. The summed E-state index contributed by atoms with van der Waals surface area (Å²) in [5, 5.41) is 9.79. The molecule has 1 aliphatic heterocycles. The molecule has 2 aliphatic rings. The molecule has 1 aliphatic carbocycles. The van der Waals surface area contributed by atoms with E-state index in [0.29, 0.717) is 36.0 Å². The van der Waals surface area contributed by atoms with Crippen molar-refractivity contribution < 1.29 is 18.9 Å². The Morgan fingerprint density at radius 3 is 2.47 bits per heavy atom. The molecule has 5 rings (SSSR count). The molecular weight excluding hydrogens is 428 g/mol. The lowest BCUT2D eigenvalue weighted by Crippen LogP contribution is -2.26. The van der Waals surface area contributed by atoms with Crippen LogP contribution in [0.1, 0.15) is 35.2 Å². The van der Waals surface area contributed by atoms with Crippen molar-refractivity contribution in [3.63, 3.8) is 0 Å². The van der Waals surface area contributed by atoms with Crippen molar-refractivity contribution in [1.82, 2.24) is 4.98 Å². The lowest BCUT2D eigenvalue weighted by Gasteiger charge is -2.24. The van der Waals surface area contributed by atoms with Crippen molar-refractivity contribution in [2.75, 3.05) is 27.4 Å². The number of hydrogen-bond donors (Lipinski definition) is 0. The summed E-state index contributed by atoms with van der Waals surface area (Å²) in [6.45, 7) is 1.39. The molecule has 6 nitrogen and oxygen atoms in total. The van der Waals surface area contributed by atoms with Crippen molar-refractivity contribution in [1.29, 1.82) is 5.26 Å². The van der Waals surface area contributed by atoms with Gasteiger partial charge in [0.15, 0.2) is 11.5 Å². The second-order valence-electron chi connectivity index (χ2n) is 8.39. The number of allylic oxidation sites excluding steroid dienone is 1. The van der Waals surface area contributed by atoms with Crippen LogP contribution in [0, 0.1) is 11.3 Å². The second-order valence-corrected chi connectivity index (χ2v) is 8.39. The lowest BCUT2D eigenvalue weighted by molar-refractivity contribution is 0.0254. The molecule has 0 radical (unpaired) electrons. The normalized spacial score (nSPS) is 15.3. The summed E-state index contributed by atoms with van der Waals surface area (Å²) in [6.07, 6.45) is 6.51. The summed E-state index contributed by atoms with van der Waals surface area (Å²) in [6, 6.07) is 16.1. The molecule has 0 N–H and O–H groups in total. The monoisotopic (exact) mass is 454 g/mol. The number of nitriles is 1. The molecule has 6 heteroatoms. The highest BCUT2D eigenvalue weighted by Gasteiger charge is 2.22. The van der Waals surface area contributed by atoms with Crippen LogP contribution < -0.4 is 14.2 Å². The molecule has 0 spiro atoms. The fourth-order valence-corrected chi connectivity index (χ4v) is 4.56. The maximum atomic E-state index is 9.79. The quantitative estimate of drug-likeness (QED) is 0.504. The molecule has 0 atom stereocenters. The van der Waals surface area contributed by atoms with E-state index in [9.17, 15) is 5.26 Å². The van der Waals surface area contributed by atoms with Gasteiger partial charge in [-0.2, -0.15) is 5.26 Å². The van der Waals surface area contributed by atoms with Crippen LogP contribution in [0.5, 0.6) is 17.2 Å². The van der Waals surface area contributed by atoms with Gasteiger partial charge in [-0.3, -0.25) is 4.98 Å². The number of pyridine rings is 1. The molecule has 172 valence electrons. The van der Waals surface area contributed by atoms with Crippen LogP contribution in [-0.2, 0) is 11.2 Å². The van der Waals surface area contributed by atoms with E-state index in [1.54, 1.807) is 14.2 Å². The van der Waals surface area contributed by atoms with E-state index >= 15 is 0 Å². The van der Waals surface area contributed by atoms with Crippen molar-refractivity contribution in [2.45, 2.75) is 25.4 Å². The third-order valence-corrected chi connectivity index (χ3v) is 6.38. The minimum Gasteiger partial charge on any atom is -0.493 e. The number of benzene rings is 2. The smallest absolute Gasteiger partial charge is 0.161 e. The summed E-state index contributed by atoms with van der Waals surface area (Å²) in [5.41, 5.74) is 6.89. The number of methoxy groups -OCH3 is 2. The van der Waals surface area contributed by atoms with Crippen molar-refractivity contribution in [3.05, 3.63) is 71.0 Å². The first kappa shape index (κ1) is 22.0. The maximum absolute atomic E-state index is 9.79. The molecule has 2 heterocycles. The van der Waals surface area contributed by atoms with Gasteiger partial charge in [-0.05, 0) is 58.7 Å². The number of aromatic nitrogens is 1. The topological polar surface area (TPSA) is 73.6 Å². The first-order valence-electron chi connectivity index (χ1n) is 11.4. The van der Waals surface area contributed by atoms with Gasteiger partial charge in [0.25, 0.3) is 0 Å². The molecule has 1 aromatic heterocycles. The summed E-state index contributed by atoms with van der Waals surface area (Å²) in [4.78, 5) is 4.63. The molecule has 1 saturated heterocycles. The zero-order chi connectivity index (χ0) is 23.5. The highest BCUT2D eigenvalue weighted by atomic mass is 16.5. The molecule has 0 unspecified atom stereocenters.